The van der Waals surface area contributed by atoms with E-state index in [9.17, 15) is 4.79 Å². The van der Waals surface area contributed by atoms with Crippen LogP contribution in [0.5, 0.6) is 0 Å². The largest absolute Gasteiger partial charge is 0.442 e. The number of halogens is 1. The van der Waals surface area contributed by atoms with Gasteiger partial charge in [-0.3, -0.25) is 4.98 Å². The molecule has 0 unspecified atom stereocenters. The molecular weight excluding hydrogens is 298 g/mol. The Morgan fingerprint density at radius 1 is 1.50 bits per heavy atom. The van der Waals surface area contributed by atoms with Gasteiger partial charge in [-0.25, -0.2) is 4.79 Å². The second kappa shape index (κ2) is 4.68. The van der Waals surface area contributed by atoms with Crippen LogP contribution in [0.2, 0.25) is 0 Å². The SMILES string of the molecule is CC(C)(C)OC(=O)n1nc(CBr)c2cnccc21. The summed E-state index contributed by atoms with van der Waals surface area (Å²) in [5, 5.41) is 5.66. The minimum absolute atomic E-state index is 0.481. The van der Waals surface area contributed by atoms with Gasteiger partial charge in [-0.2, -0.15) is 9.78 Å². The Balaban J connectivity index is 2.48. The topological polar surface area (TPSA) is 57.0 Å². The van der Waals surface area contributed by atoms with Crippen LogP contribution in [-0.4, -0.2) is 26.5 Å². The first-order valence-corrected chi connectivity index (χ1v) is 6.65. The van der Waals surface area contributed by atoms with E-state index in [4.69, 9.17) is 4.74 Å². The molecule has 18 heavy (non-hydrogen) atoms. The summed E-state index contributed by atoms with van der Waals surface area (Å²) in [6.45, 7) is 5.47. The van der Waals surface area contributed by atoms with Crippen molar-refractivity contribution in [2.75, 3.05) is 0 Å². The molecule has 2 rings (SSSR count). The maximum Gasteiger partial charge on any atom is 0.435 e. The molecular formula is C12H14BrN3O2. The zero-order valence-corrected chi connectivity index (χ0v) is 12.1. The first kappa shape index (κ1) is 13.0. The van der Waals surface area contributed by atoms with Crippen LogP contribution >= 0.6 is 15.9 Å². The first-order valence-electron chi connectivity index (χ1n) is 5.53. The van der Waals surface area contributed by atoms with Crippen molar-refractivity contribution in [3.8, 4) is 0 Å². The molecule has 0 aliphatic carbocycles. The highest BCUT2D eigenvalue weighted by atomic mass is 79.9. The highest BCUT2D eigenvalue weighted by molar-refractivity contribution is 9.08. The average Bonchev–Trinajstić information content (AvgIpc) is 2.65. The van der Waals surface area contributed by atoms with Crippen LogP contribution < -0.4 is 0 Å². The van der Waals surface area contributed by atoms with Crippen LogP contribution in [0.1, 0.15) is 26.5 Å². The molecule has 0 aliphatic heterocycles. The normalized spacial score (nSPS) is 11.8. The summed E-state index contributed by atoms with van der Waals surface area (Å²) in [6, 6.07) is 1.75. The minimum atomic E-state index is -0.545. The second-order valence-electron chi connectivity index (χ2n) is 4.87. The van der Waals surface area contributed by atoms with Gasteiger partial charge in [-0.1, -0.05) is 15.9 Å². The van der Waals surface area contributed by atoms with Gasteiger partial charge in [-0.05, 0) is 26.8 Å². The molecule has 0 saturated carbocycles. The zero-order valence-electron chi connectivity index (χ0n) is 10.5. The lowest BCUT2D eigenvalue weighted by Crippen LogP contribution is -2.27. The third-order valence-corrected chi connectivity index (χ3v) is 2.78. The standard InChI is InChI=1S/C12H14BrN3O2/c1-12(2,3)18-11(17)16-10-4-5-14-7-8(10)9(6-13)15-16/h4-5,7H,6H2,1-3H3. The molecule has 0 bridgehead atoms. The molecule has 6 heteroatoms. The Morgan fingerprint density at radius 2 is 2.22 bits per heavy atom. The summed E-state index contributed by atoms with van der Waals surface area (Å²) in [4.78, 5) is 16.1. The fourth-order valence-corrected chi connectivity index (χ4v) is 1.98. The van der Waals surface area contributed by atoms with Crippen LogP contribution in [0.25, 0.3) is 10.9 Å². The molecule has 0 aromatic carbocycles. The van der Waals surface area contributed by atoms with Crippen LogP contribution in [0.3, 0.4) is 0 Å². The van der Waals surface area contributed by atoms with Gasteiger partial charge in [0.25, 0.3) is 0 Å². The van der Waals surface area contributed by atoms with E-state index < -0.39 is 11.7 Å². The van der Waals surface area contributed by atoms with Crippen LogP contribution in [0, 0.1) is 0 Å². The predicted molar refractivity (Wildman–Crippen MR) is 71.8 cm³/mol. The van der Waals surface area contributed by atoms with Gasteiger partial charge in [0.05, 0.1) is 11.2 Å². The Kier molecular flexibility index (Phi) is 3.38. The maximum atomic E-state index is 12.0. The Bertz CT molecular complexity index is 587. The summed E-state index contributed by atoms with van der Waals surface area (Å²) in [5.41, 5.74) is 0.925. The molecule has 5 nitrogen and oxygen atoms in total. The fraction of sp³-hybridized carbons (Fsp3) is 0.417. The number of rotatable bonds is 1. The zero-order chi connectivity index (χ0) is 13.3. The number of nitrogens with zero attached hydrogens (tertiary/aromatic N) is 3. The van der Waals surface area contributed by atoms with Crippen molar-refractivity contribution in [3.63, 3.8) is 0 Å². The lowest BCUT2D eigenvalue weighted by molar-refractivity contribution is 0.0522. The van der Waals surface area contributed by atoms with E-state index in [0.717, 1.165) is 11.1 Å². The number of carbonyl (C=O) groups is 1. The molecule has 2 heterocycles. The van der Waals surface area contributed by atoms with Gasteiger partial charge < -0.3 is 4.74 Å². The summed E-state index contributed by atoms with van der Waals surface area (Å²) in [5.74, 6) is 0. The van der Waals surface area contributed by atoms with E-state index in [1.165, 1.54) is 4.68 Å². The van der Waals surface area contributed by atoms with Crippen LogP contribution in [0.15, 0.2) is 18.5 Å². The molecule has 2 aromatic rings. The molecule has 0 spiro atoms. The fourth-order valence-electron chi connectivity index (χ4n) is 1.57. The number of alkyl halides is 1. The Labute approximate surface area is 113 Å². The van der Waals surface area contributed by atoms with E-state index in [-0.39, 0.29) is 0 Å². The lowest BCUT2D eigenvalue weighted by atomic mass is 10.2. The summed E-state index contributed by atoms with van der Waals surface area (Å²) >= 11 is 3.35. The molecule has 0 aliphatic rings. The van der Waals surface area contributed by atoms with Gasteiger partial charge in [0.15, 0.2) is 0 Å². The second-order valence-corrected chi connectivity index (χ2v) is 5.43. The van der Waals surface area contributed by atoms with Gasteiger partial charge in [0.2, 0.25) is 0 Å². The number of carbonyl (C=O) groups excluding carboxylic acids is 1. The maximum absolute atomic E-state index is 12.0. The van der Waals surface area contributed by atoms with Crippen molar-refractivity contribution in [2.45, 2.75) is 31.7 Å². The summed E-state index contributed by atoms with van der Waals surface area (Å²) < 4.78 is 6.59. The van der Waals surface area contributed by atoms with Crippen LogP contribution in [-0.2, 0) is 10.1 Å². The molecule has 0 fully saturated rings. The van der Waals surface area contributed by atoms with Crippen molar-refractivity contribution >= 4 is 32.9 Å². The van der Waals surface area contributed by atoms with Gasteiger partial charge in [-0.15, -0.1) is 0 Å². The Hall–Kier alpha value is -1.43. The summed E-state index contributed by atoms with van der Waals surface area (Å²) in [6.07, 6.45) is 2.84. The molecule has 96 valence electrons. The third-order valence-electron chi connectivity index (χ3n) is 2.25. The quantitative estimate of drug-likeness (QED) is 0.759. The lowest BCUT2D eigenvalue weighted by Gasteiger charge is -2.19. The number of ether oxygens (including phenoxy) is 1. The molecule has 0 amide bonds. The molecule has 0 atom stereocenters. The smallest absolute Gasteiger partial charge is 0.435 e. The average molecular weight is 312 g/mol. The van der Waals surface area contributed by atoms with Crippen molar-refractivity contribution in [3.05, 3.63) is 24.2 Å². The highest BCUT2D eigenvalue weighted by Gasteiger charge is 2.21. The highest BCUT2D eigenvalue weighted by Crippen LogP contribution is 2.20. The number of hydrogen-bond donors (Lipinski definition) is 0. The first-order chi connectivity index (χ1) is 8.42. The van der Waals surface area contributed by atoms with E-state index in [1.807, 2.05) is 20.8 Å². The summed E-state index contributed by atoms with van der Waals surface area (Å²) in [7, 11) is 0. The van der Waals surface area contributed by atoms with Crippen molar-refractivity contribution < 1.29 is 9.53 Å². The molecule has 2 aromatic heterocycles. The number of pyridine rings is 1. The number of fused-ring (bicyclic) bond motifs is 1. The number of aromatic nitrogens is 3. The Morgan fingerprint density at radius 3 is 2.83 bits per heavy atom. The van der Waals surface area contributed by atoms with Gasteiger partial charge in [0.1, 0.15) is 5.60 Å². The van der Waals surface area contributed by atoms with E-state index in [1.54, 1.807) is 18.5 Å². The molecule has 0 saturated heterocycles. The molecule has 0 N–H and O–H groups in total. The predicted octanol–water partition coefficient (Wildman–Crippen LogP) is 3.11. The van der Waals surface area contributed by atoms with Crippen molar-refractivity contribution in [1.29, 1.82) is 0 Å². The van der Waals surface area contributed by atoms with Crippen molar-refractivity contribution in [2.24, 2.45) is 0 Å². The van der Waals surface area contributed by atoms with Crippen molar-refractivity contribution in [1.82, 2.24) is 14.8 Å². The number of hydrogen-bond acceptors (Lipinski definition) is 4. The van der Waals surface area contributed by atoms with E-state index in [0.29, 0.717) is 10.8 Å². The van der Waals surface area contributed by atoms with E-state index >= 15 is 0 Å². The van der Waals surface area contributed by atoms with Gasteiger partial charge >= 0.3 is 6.09 Å². The van der Waals surface area contributed by atoms with Crippen LogP contribution in [0.4, 0.5) is 4.79 Å². The molecule has 0 radical (unpaired) electrons. The minimum Gasteiger partial charge on any atom is -0.442 e. The third kappa shape index (κ3) is 2.53. The monoisotopic (exact) mass is 311 g/mol. The van der Waals surface area contributed by atoms with Gasteiger partial charge in [0, 0.05) is 23.1 Å². The van der Waals surface area contributed by atoms with E-state index in [2.05, 4.69) is 26.0 Å².